The first-order valence-corrected chi connectivity index (χ1v) is 10.3. The van der Waals surface area contributed by atoms with Gasteiger partial charge in [0.15, 0.2) is 11.5 Å². The van der Waals surface area contributed by atoms with E-state index in [4.69, 9.17) is 14.2 Å². The molecule has 1 unspecified atom stereocenters. The highest BCUT2D eigenvalue weighted by Crippen LogP contribution is 2.45. The molecule has 1 atom stereocenters. The lowest BCUT2D eigenvalue weighted by atomic mass is 9.87. The third-order valence-electron chi connectivity index (χ3n) is 6.29. The number of hydrogen-bond donors (Lipinski definition) is 0. The Labute approximate surface area is 174 Å². The SMILES string of the molecule is O=C(C1c2ccccc2Oc2ccccc21)N1CCC(c2ccc3c(c2)OCO3)C1. The lowest BCUT2D eigenvalue weighted by molar-refractivity contribution is -0.131. The summed E-state index contributed by atoms with van der Waals surface area (Å²) in [6.07, 6.45) is 0.942. The van der Waals surface area contributed by atoms with Crippen LogP contribution >= 0.6 is 0 Å². The topological polar surface area (TPSA) is 48.0 Å². The van der Waals surface area contributed by atoms with Gasteiger partial charge in [-0.2, -0.15) is 0 Å². The van der Waals surface area contributed by atoms with Gasteiger partial charge in [0.25, 0.3) is 0 Å². The number of nitrogens with zero attached hydrogens (tertiary/aromatic N) is 1. The van der Waals surface area contributed by atoms with Crippen LogP contribution in [0.2, 0.25) is 0 Å². The Hall–Kier alpha value is -3.47. The molecule has 0 aromatic heterocycles. The zero-order chi connectivity index (χ0) is 20.1. The maximum absolute atomic E-state index is 13.7. The van der Waals surface area contributed by atoms with Gasteiger partial charge in [-0.15, -0.1) is 0 Å². The molecule has 3 aliphatic heterocycles. The summed E-state index contributed by atoms with van der Waals surface area (Å²) < 4.78 is 17.0. The molecular weight excluding hydrogens is 378 g/mol. The molecule has 0 bridgehead atoms. The van der Waals surface area contributed by atoms with Crippen molar-refractivity contribution in [3.63, 3.8) is 0 Å². The van der Waals surface area contributed by atoms with Crippen LogP contribution in [0.25, 0.3) is 0 Å². The number of benzene rings is 3. The van der Waals surface area contributed by atoms with E-state index in [0.29, 0.717) is 12.5 Å². The van der Waals surface area contributed by atoms with Crippen molar-refractivity contribution in [3.05, 3.63) is 83.4 Å². The molecular formula is C25H21NO4. The van der Waals surface area contributed by atoms with Crippen molar-refractivity contribution in [2.75, 3.05) is 19.9 Å². The molecule has 0 saturated carbocycles. The van der Waals surface area contributed by atoms with Crippen molar-refractivity contribution in [1.82, 2.24) is 4.90 Å². The number of hydrogen-bond acceptors (Lipinski definition) is 4. The second kappa shape index (κ2) is 6.80. The van der Waals surface area contributed by atoms with Crippen molar-refractivity contribution >= 4 is 5.91 Å². The predicted molar refractivity (Wildman–Crippen MR) is 111 cm³/mol. The first kappa shape index (κ1) is 17.4. The molecule has 1 amide bonds. The Morgan fingerprint density at radius 2 is 1.53 bits per heavy atom. The molecule has 0 aliphatic carbocycles. The van der Waals surface area contributed by atoms with Gasteiger partial charge in [0.1, 0.15) is 11.5 Å². The lowest BCUT2D eigenvalue weighted by Crippen LogP contribution is -2.34. The molecule has 1 saturated heterocycles. The standard InChI is InChI=1S/C25H21NO4/c27-25(24-18-5-1-3-7-20(18)30-21-8-4-2-6-19(21)24)26-12-11-17(14-26)16-9-10-22-23(13-16)29-15-28-22/h1-10,13,17,24H,11-12,14-15H2. The summed E-state index contributed by atoms with van der Waals surface area (Å²) in [5.74, 6) is 3.23. The van der Waals surface area contributed by atoms with Gasteiger partial charge in [0, 0.05) is 30.1 Å². The van der Waals surface area contributed by atoms with Gasteiger partial charge in [-0.05, 0) is 36.2 Å². The van der Waals surface area contributed by atoms with Crippen LogP contribution in [-0.2, 0) is 4.79 Å². The van der Waals surface area contributed by atoms with Crippen molar-refractivity contribution in [3.8, 4) is 23.0 Å². The number of likely N-dealkylation sites (tertiary alicyclic amines) is 1. The van der Waals surface area contributed by atoms with E-state index >= 15 is 0 Å². The number of carbonyl (C=O) groups is 1. The molecule has 30 heavy (non-hydrogen) atoms. The van der Waals surface area contributed by atoms with Crippen LogP contribution < -0.4 is 14.2 Å². The summed E-state index contributed by atoms with van der Waals surface area (Å²) in [6.45, 7) is 1.73. The Morgan fingerprint density at radius 3 is 2.30 bits per heavy atom. The molecule has 0 N–H and O–H groups in total. The summed E-state index contributed by atoms with van der Waals surface area (Å²) in [4.78, 5) is 15.7. The molecule has 5 nitrogen and oxygen atoms in total. The maximum Gasteiger partial charge on any atom is 0.234 e. The fourth-order valence-corrected chi connectivity index (χ4v) is 4.76. The minimum Gasteiger partial charge on any atom is -0.457 e. The number of ether oxygens (including phenoxy) is 3. The van der Waals surface area contributed by atoms with Crippen molar-refractivity contribution in [1.29, 1.82) is 0 Å². The Bertz CT molecular complexity index is 1100. The Kier molecular flexibility index (Phi) is 3.94. The summed E-state index contributed by atoms with van der Waals surface area (Å²) in [6, 6.07) is 21.8. The fourth-order valence-electron chi connectivity index (χ4n) is 4.76. The zero-order valence-electron chi connectivity index (χ0n) is 16.4. The van der Waals surface area contributed by atoms with E-state index in [0.717, 1.165) is 47.1 Å². The van der Waals surface area contributed by atoms with Gasteiger partial charge < -0.3 is 19.1 Å². The summed E-state index contributed by atoms with van der Waals surface area (Å²) in [5.41, 5.74) is 3.07. The van der Waals surface area contributed by atoms with Crippen molar-refractivity contribution in [2.24, 2.45) is 0 Å². The number of fused-ring (bicyclic) bond motifs is 3. The first-order chi connectivity index (χ1) is 14.8. The molecule has 3 aromatic rings. The molecule has 0 spiro atoms. The van der Waals surface area contributed by atoms with Gasteiger partial charge >= 0.3 is 0 Å². The maximum atomic E-state index is 13.7. The molecule has 5 heteroatoms. The third-order valence-corrected chi connectivity index (χ3v) is 6.29. The summed E-state index contributed by atoms with van der Waals surface area (Å²) >= 11 is 0. The van der Waals surface area contributed by atoms with E-state index in [1.54, 1.807) is 0 Å². The number of carbonyl (C=O) groups excluding carboxylic acids is 1. The predicted octanol–water partition coefficient (Wildman–Crippen LogP) is 4.67. The summed E-state index contributed by atoms with van der Waals surface area (Å²) in [5, 5.41) is 0. The van der Waals surface area contributed by atoms with Gasteiger partial charge in [-0.3, -0.25) is 4.79 Å². The molecule has 6 rings (SSSR count). The highest BCUT2D eigenvalue weighted by molar-refractivity contribution is 5.90. The highest BCUT2D eigenvalue weighted by atomic mass is 16.7. The Morgan fingerprint density at radius 1 is 0.833 bits per heavy atom. The van der Waals surface area contributed by atoms with Gasteiger partial charge in [0.2, 0.25) is 12.7 Å². The van der Waals surface area contributed by atoms with Crippen LogP contribution in [-0.4, -0.2) is 30.7 Å². The van der Waals surface area contributed by atoms with Crippen LogP contribution in [0.15, 0.2) is 66.7 Å². The lowest BCUT2D eigenvalue weighted by Gasteiger charge is -2.30. The third kappa shape index (κ3) is 2.73. The normalized spacial score (nSPS) is 19.2. The molecule has 3 aromatic carbocycles. The van der Waals surface area contributed by atoms with Crippen LogP contribution in [0.3, 0.4) is 0 Å². The largest absolute Gasteiger partial charge is 0.457 e. The minimum absolute atomic E-state index is 0.140. The average Bonchev–Trinajstić information content (AvgIpc) is 3.46. The highest BCUT2D eigenvalue weighted by Gasteiger charge is 2.38. The number of rotatable bonds is 2. The van der Waals surface area contributed by atoms with Crippen molar-refractivity contribution in [2.45, 2.75) is 18.3 Å². The fraction of sp³-hybridized carbons (Fsp3) is 0.240. The van der Waals surface area contributed by atoms with E-state index in [9.17, 15) is 4.79 Å². The smallest absolute Gasteiger partial charge is 0.234 e. The van der Waals surface area contributed by atoms with E-state index < -0.39 is 0 Å². The van der Waals surface area contributed by atoms with Gasteiger partial charge in [-0.25, -0.2) is 0 Å². The van der Waals surface area contributed by atoms with Crippen LogP contribution in [0.4, 0.5) is 0 Å². The number of para-hydroxylation sites is 2. The molecule has 3 heterocycles. The molecule has 3 aliphatic rings. The second-order valence-electron chi connectivity index (χ2n) is 7.99. The van der Waals surface area contributed by atoms with Gasteiger partial charge in [0.05, 0.1) is 5.92 Å². The van der Waals surface area contributed by atoms with Crippen LogP contribution in [0, 0.1) is 0 Å². The molecule has 150 valence electrons. The van der Waals surface area contributed by atoms with E-state index in [1.807, 2.05) is 59.5 Å². The Balaban J connectivity index is 1.29. The first-order valence-electron chi connectivity index (χ1n) is 10.3. The number of amides is 1. The van der Waals surface area contributed by atoms with Crippen LogP contribution in [0.5, 0.6) is 23.0 Å². The van der Waals surface area contributed by atoms with E-state index in [-0.39, 0.29) is 18.6 Å². The van der Waals surface area contributed by atoms with Crippen molar-refractivity contribution < 1.29 is 19.0 Å². The zero-order valence-corrected chi connectivity index (χ0v) is 16.4. The molecule has 0 radical (unpaired) electrons. The second-order valence-corrected chi connectivity index (χ2v) is 7.99. The van der Waals surface area contributed by atoms with E-state index in [2.05, 4.69) is 12.1 Å². The average molecular weight is 399 g/mol. The summed E-state index contributed by atoms with van der Waals surface area (Å²) in [7, 11) is 0. The van der Waals surface area contributed by atoms with Crippen LogP contribution in [0.1, 0.15) is 34.9 Å². The monoisotopic (exact) mass is 399 g/mol. The minimum atomic E-state index is -0.332. The van der Waals surface area contributed by atoms with Gasteiger partial charge in [-0.1, -0.05) is 42.5 Å². The molecule has 1 fully saturated rings. The quantitative estimate of drug-likeness (QED) is 0.628. The van der Waals surface area contributed by atoms with E-state index in [1.165, 1.54) is 5.56 Å².